The van der Waals surface area contributed by atoms with Gasteiger partial charge < -0.3 is 16.2 Å². The molecule has 0 aliphatic rings. The summed E-state index contributed by atoms with van der Waals surface area (Å²) in [5.74, 6) is -1.71. The van der Waals surface area contributed by atoms with Crippen LogP contribution in [0.4, 0.5) is 13.2 Å². The number of amides is 1. The maximum Gasteiger partial charge on any atom is 0.389 e. The number of nitrogens with two attached hydrogens (primary N) is 1. The van der Waals surface area contributed by atoms with Gasteiger partial charge >= 0.3 is 12.1 Å². The number of hydrogen-bond acceptors (Lipinski definition) is 3. The normalized spacial score (nSPS) is 13.2. The number of carbonyl (C=O) groups is 2. The molecule has 0 fully saturated rings. The molecule has 8 heteroatoms. The number of halogens is 3. The molecule has 0 spiro atoms. The lowest BCUT2D eigenvalue weighted by atomic mass is 10.1. The minimum absolute atomic E-state index is 0.0412. The molecule has 0 aromatic heterocycles. The highest BCUT2D eigenvalue weighted by Crippen LogP contribution is 2.20. The third-order valence-electron chi connectivity index (χ3n) is 1.94. The van der Waals surface area contributed by atoms with Crippen molar-refractivity contribution in [1.82, 2.24) is 5.32 Å². The Bertz CT molecular complexity index is 269. The summed E-state index contributed by atoms with van der Waals surface area (Å²) in [5, 5.41) is 10.6. The van der Waals surface area contributed by atoms with Gasteiger partial charge in [-0.15, -0.1) is 0 Å². The largest absolute Gasteiger partial charge is 0.481 e. The van der Waals surface area contributed by atoms with Crippen LogP contribution in [0.2, 0.25) is 0 Å². The minimum Gasteiger partial charge on any atom is -0.481 e. The molecule has 5 nitrogen and oxygen atoms in total. The van der Waals surface area contributed by atoms with Crippen molar-refractivity contribution in [3.8, 4) is 0 Å². The topological polar surface area (TPSA) is 92.4 Å². The van der Waals surface area contributed by atoms with E-state index in [-0.39, 0.29) is 25.8 Å². The lowest BCUT2D eigenvalue weighted by molar-refractivity contribution is -0.138. The SMILES string of the molecule is NC(CCC(=O)O)C(=O)NCCCC(F)(F)F. The van der Waals surface area contributed by atoms with Crippen molar-refractivity contribution in [3.05, 3.63) is 0 Å². The molecule has 100 valence electrons. The maximum atomic E-state index is 11.7. The van der Waals surface area contributed by atoms with Crippen LogP contribution in [0.15, 0.2) is 0 Å². The van der Waals surface area contributed by atoms with Gasteiger partial charge in [0, 0.05) is 19.4 Å². The Kier molecular flexibility index (Phi) is 6.55. The van der Waals surface area contributed by atoms with E-state index in [4.69, 9.17) is 10.8 Å². The molecule has 0 aromatic rings. The molecule has 0 saturated carbocycles. The molecule has 0 heterocycles. The monoisotopic (exact) mass is 256 g/mol. The average molecular weight is 256 g/mol. The van der Waals surface area contributed by atoms with Crippen molar-refractivity contribution in [2.75, 3.05) is 6.54 Å². The Morgan fingerprint density at radius 2 is 1.94 bits per heavy atom. The molecule has 0 bridgehead atoms. The molecule has 17 heavy (non-hydrogen) atoms. The van der Waals surface area contributed by atoms with E-state index < -0.39 is 30.5 Å². The lowest BCUT2D eigenvalue weighted by Crippen LogP contribution is -2.41. The van der Waals surface area contributed by atoms with Crippen LogP contribution in [-0.2, 0) is 9.59 Å². The quantitative estimate of drug-likeness (QED) is 0.583. The van der Waals surface area contributed by atoms with E-state index in [1.54, 1.807) is 0 Å². The van der Waals surface area contributed by atoms with Crippen LogP contribution in [-0.4, -0.2) is 35.7 Å². The number of rotatable bonds is 7. The van der Waals surface area contributed by atoms with Crippen LogP contribution in [0.1, 0.15) is 25.7 Å². The standard InChI is InChI=1S/C9H15F3N2O3/c10-9(11,12)4-1-5-14-8(17)6(13)2-3-7(15)16/h6H,1-5,13H2,(H,14,17)(H,15,16). The summed E-state index contributed by atoms with van der Waals surface area (Å²) in [6, 6.07) is -1.00. The van der Waals surface area contributed by atoms with Crippen molar-refractivity contribution in [1.29, 1.82) is 0 Å². The first-order valence-electron chi connectivity index (χ1n) is 5.04. The Hall–Kier alpha value is -1.31. The molecule has 0 aliphatic carbocycles. The molecular formula is C9H15F3N2O3. The Balaban J connectivity index is 3.68. The van der Waals surface area contributed by atoms with Gasteiger partial charge in [0.25, 0.3) is 0 Å². The molecule has 0 radical (unpaired) electrons. The van der Waals surface area contributed by atoms with E-state index in [9.17, 15) is 22.8 Å². The average Bonchev–Trinajstić information content (AvgIpc) is 2.19. The second kappa shape index (κ2) is 7.10. The van der Waals surface area contributed by atoms with Crippen molar-refractivity contribution < 1.29 is 27.9 Å². The summed E-state index contributed by atoms with van der Waals surface area (Å²) in [6.07, 6.45) is -5.73. The highest BCUT2D eigenvalue weighted by Gasteiger charge is 2.26. The van der Waals surface area contributed by atoms with Crippen LogP contribution in [0.5, 0.6) is 0 Å². The Morgan fingerprint density at radius 3 is 2.41 bits per heavy atom. The summed E-state index contributed by atoms with van der Waals surface area (Å²) >= 11 is 0. The second-order valence-corrected chi connectivity index (χ2v) is 3.55. The molecule has 0 rings (SSSR count). The van der Waals surface area contributed by atoms with Crippen molar-refractivity contribution in [3.63, 3.8) is 0 Å². The smallest absolute Gasteiger partial charge is 0.389 e. The van der Waals surface area contributed by atoms with E-state index in [0.29, 0.717) is 0 Å². The summed E-state index contributed by atoms with van der Waals surface area (Å²) < 4.78 is 35.2. The molecule has 1 amide bonds. The van der Waals surface area contributed by atoms with Crippen LogP contribution in [0, 0.1) is 0 Å². The molecule has 4 N–H and O–H groups in total. The zero-order valence-electron chi connectivity index (χ0n) is 9.09. The number of carboxylic acids is 1. The molecular weight excluding hydrogens is 241 g/mol. The number of nitrogens with one attached hydrogen (secondary N) is 1. The predicted octanol–water partition coefficient (Wildman–Crippen LogP) is 0.637. The maximum absolute atomic E-state index is 11.7. The van der Waals surface area contributed by atoms with Gasteiger partial charge in [-0.3, -0.25) is 9.59 Å². The Morgan fingerprint density at radius 1 is 1.35 bits per heavy atom. The number of aliphatic carboxylic acids is 1. The molecule has 0 saturated heterocycles. The van der Waals surface area contributed by atoms with Crippen LogP contribution >= 0.6 is 0 Å². The van der Waals surface area contributed by atoms with Gasteiger partial charge in [-0.25, -0.2) is 0 Å². The van der Waals surface area contributed by atoms with Crippen molar-refractivity contribution >= 4 is 11.9 Å². The first kappa shape index (κ1) is 15.7. The van der Waals surface area contributed by atoms with Gasteiger partial charge in [0.2, 0.25) is 5.91 Å². The van der Waals surface area contributed by atoms with Crippen LogP contribution in [0.25, 0.3) is 0 Å². The molecule has 0 aromatic carbocycles. The van der Waals surface area contributed by atoms with Crippen LogP contribution < -0.4 is 11.1 Å². The van der Waals surface area contributed by atoms with E-state index >= 15 is 0 Å². The van der Waals surface area contributed by atoms with Crippen molar-refractivity contribution in [2.24, 2.45) is 5.73 Å². The third-order valence-corrected chi connectivity index (χ3v) is 1.94. The van der Waals surface area contributed by atoms with E-state index in [1.165, 1.54) is 0 Å². The number of alkyl halides is 3. The first-order valence-corrected chi connectivity index (χ1v) is 5.04. The zero-order valence-corrected chi connectivity index (χ0v) is 9.09. The fourth-order valence-electron chi connectivity index (χ4n) is 1.04. The first-order chi connectivity index (χ1) is 7.72. The third kappa shape index (κ3) is 9.61. The fraction of sp³-hybridized carbons (Fsp3) is 0.778. The highest BCUT2D eigenvalue weighted by molar-refractivity contribution is 5.82. The summed E-state index contributed by atoms with van der Waals surface area (Å²) in [5.41, 5.74) is 5.34. The fourth-order valence-corrected chi connectivity index (χ4v) is 1.04. The predicted molar refractivity (Wildman–Crippen MR) is 53.1 cm³/mol. The second-order valence-electron chi connectivity index (χ2n) is 3.55. The lowest BCUT2D eigenvalue weighted by Gasteiger charge is -2.11. The van der Waals surface area contributed by atoms with Gasteiger partial charge in [0.05, 0.1) is 6.04 Å². The minimum atomic E-state index is -4.24. The van der Waals surface area contributed by atoms with Crippen LogP contribution in [0.3, 0.4) is 0 Å². The van der Waals surface area contributed by atoms with Crippen molar-refractivity contribution in [2.45, 2.75) is 37.9 Å². The zero-order chi connectivity index (χ0) is 13.5. The molecule has 1 atom stereocenters. The summed E-state index contributed by atoms with van der Waals surface area (Å²) in [4.78, 5) is 21.4. The number of carboxylic acid groups (broad SMARTS) is 1. The highest BCUT2D eigenvalue weighted by atomic mass is 19.4. The van der Waals surface area contributed by atoms with E-state index in [1.807, 2.05) is 0 Å². The summed E-state index contributed by atoms with van der Waals surface area (Å²) in [7, 11) is 0. The van der Waals surface area contributed by atoms with Gasteiger partial charge in [0.1, 0.15) is 0 Å². The van der Waals surface area contributed by atoms with E-state index in [2.05, 4.69) is 5.32 Å². The number of hydrogen-bond donors (Lipinski definition) is 3. The summed E-state index contributed by atoms with van der Waals surface area (Å²) in [6.45, 7) is -0.126. The van der Waals surface area contributed by atoms with E-state index in [0.717, 1.165) is 0 Å². The van der Waals surface area contributed by atoms with Gasteiger partial charge in [0.15, 0.2) is 0 Å². The van der Waals surface area contributed by atoms with Gasteiger partial charge in [-0.05, 0) is 12.8 Å². The molecule has 1 unspecified atom stereocenters. The van der Waals surface area contributed by atoms with Gasteiger partial charge in [-0.1, -0.05) is 0 Å². The van der Waals surface area contributed by atoms with Gasteiger partial charge in [-0.2, -0.15) is 13.2 Å². The Labute approximate surface area is 96.2 Å². The molecule has 0 aliphatic heterocycles. The number of carbonyl (C=O) groups excluding carboxylic acids is 1.